The van der Waals surface area contributed by atoms with E-state index in [1.807, 2.05) is 61.5 Å². The van der Waals surface area contributed by atoms with Crippen LogP contribution < -0.4 is 0 Å². The summed E-state index contributed by atoms with van der Waals surface area (Å²) in [5.74, 6) is 0.00646. The first-order valence-corrected chi connectivity index (χ1v) is 15.9. The Kier molecular flexibility index (Phi) is 12.0. The van der Waals surface area contributed by atoms with Crippen LogP contribution in [0.15, 0.2) is 91.0 Å². The number of hydrogen-bond donors (Lipinski definition) is 1. The van der Waals surface area contributed by atoms with E-state index in [1.54, 1.807) is 0 Å². The van der Waals surface area contributed by atoms with Crippen LogP contribution in [0.2, 0.25) is 0 Å². The highest BCUT2D eigenvalue weighted by Crippen LogP contribution is 2.38. The Morgan fingerprint density at radius 2 is 1.09 bits per heavy atom. The summed E-state index contributed by atoms with van der Waals surface area (Å²) in [6.45, 7) is 10.1. The molecule has 5 rings (SSSR count). The predicted molar refractivity (Wildman–Crippen MR) is 169 cm³/mol. The van der Waals surface area contributed by atoms with Gasteiger partial charge in [-0.3, -0.25) is 0 Å². The van der Waals surface area contributed by atoms with Gasteiger partial charge in [-0.2, -0.15) is 0 Å². The summed E-state index contributed by atoms with van der Waals surface area (Å²) in [7, 11) is 0. The molecule has 0 spiro atoms. The number of ether oxygens (including phenoxy) is 6. The number of hydrogen-bond acceptors (Lipinski definition) is 7. The monoisotopic (exact) mass is 604 g/mol. The van der Waals surface area contributed by atoms with Gasteiger partial charge in [-0.05, 0) is 23.6 Å². The fourth-order valence-corrected chi connectivity index (χ4v) is 6.28. The summed E-state index contributed by atoms with van der Waals surface area (Å²) < 4.78 is 39.1. The fourth-order valence-electron chi connectivity index (χ4n) is 6.28. The van der Waals surface area contributed by atoms with Crippen LogP contribution in [-0.4, -0.2) is 61.2 Å². The predicted octanol–water partition coefficient (Wildman–Crippen LogP) is 6.17. The number of aliphatic hydroxyl groups excluding tert-OH is 1. The Morgan fingerprint density at radius 1 is 0.568 bits per heavy atom. The van der Waals surface area contributed by atoms with Gasteiger partial charge in [-0.1, -0.05) is 112 Å². The number of rotatable bonds is 13. The molecule has 7 heteroatoms. The lowest BCUT2D eigenvalue weighted by molar-refractivity contribution is -0.328. The molecule has 0 bridgehead atoms. The first-order chi connectivity index (χ1) is 21.4. The lowest BCUT2D eigenvalue weighted by Crippen LogP contribution is -2.60. The molecule has 44 heavy (non-hydrogen) atoms. The van der Waals surface area contributed by atoms with Gasteiger partial charge < -0.3 is 33.5 Å². The molecular formula is C37H48O7. The zero-order chi connectivity index (χ0) is 30.9. The molecule has 3 aromatic rings. The maximum atomic E-state index is 10.4. The van der Waals surface area contributed by atoms with E-state index in [2.05, 4.69) is 57.2 Å². The Labute approximate surface area is 262 Å². The molecule has 2 fully saturated rings. The Hall–Kier alpha value is -2.62. The summed E-state index contributed by atoms with van der Waals surface area (Å²) in [5, 5.41) is 10.4. The summed E-state index contributed by atoms with van der Waals surface area (Å²) in [6, 6.07) is 30.5. The van der Waals surface area contributed by atoms with Crippen molar-refractivity contribution in [3.63, 3.8) is 0 Å². The molecule has 0 saturated carbocycles. The minimum absolute atomic E-state index is 0.0412. The topological polar surface area (TPSA) is 75.6 Å². The Bertz CT molecular complexity index is 1230. The molecule has 238 valence electrons. The molecule has 0 amide bonds. The van der Waals surface area contributed by atoms with E-state index in [0.29, 0.717) is 26.4 Å². The van der Waals surface area contributed by atoms with Crippen molar-refractivity contribution in [2.24, 2.45) is 17.8 Å². The summed E-state index contributed by atoms with van der Waals surface area (Å²) in [6.07, 6.45) is -2.48. The molecule has 2 heterocycles. The average molecular weight is 605 g/mol. The van der Waals surface area contributed by atoms with Gasteiger partial charge >= 0.3 is 0 Å². The van der Waals surface area contributed by atoms with Crippen LogP contribution in [0.5, 0.6) is 0 Å². The van der Waals surface area contributed by atoms with E-state index >= 15 is 0 Å². The second-order valence-electron chi connectivity index (χ2n) is 12.3. The van der Waals surface area contributed by atoms with Crippen molar-refractivity contribution in [2.45, 2.75) is 90.4 Å². The van der Waals surface area contributed by atoms with Crippen LogP contribution in [0.3, 0.4) is 0 Å². The Balaban J connectivity index is 1.33. The van der Waals surface area contributed by atoms with Gasteiger partial charge in [0.05, 0.1) is 57.5 Å². The van der Waals surface area contributed by atoms with Crippen LogP contribution in [0.1, 0.15) is 44.4 Å². The molecular weight excluding hydrogens is 556 g/mol. The standard InChI is InChI=1S/C37H48O7/c1-25-28(4)42-32(20-38)36(35(25)41-23-31-18-12-7-13-19-31)44-37-27(3)34(40-22-30-16-10-6-11-17-30)26(2)33(43-37)24-39-21-29-14-8-5-9-15-29/h5-19,25-28,32-38H,20-24H2,1-4H3. The normalized spacial score (nSPS) is 32.4. The zero-order valence-corrected chi connectivity index (χ0v) is 26.4. The van der Waals surface area contributed by atoms with E-state index in [1.165, 1.54) is 0 Å². The van der Waals surface area contributed by atoms with Gasteiger partial charge in [-0.15, -0.1) is 0 Å². The zero-order valence-electron chi connectivity index (χ0n) is 26.4. The highest BCUT2D eigenvalue weighted by atomic mass is 16.7. The summed E-state index contributed by atoms with van der Waals surface area (Å²) >= 11 is 0. The van der Waals surface area contributed by atoms with E-state index in [0.717, 1.165) is 16.7 Å². The first-order valence-electron chi connectivity index (χ1n) is 15.9. The highest BCUT2D eigenvalue weighted by molar-refractivity contribution is 5.15. The van der Waals surface area contributed by atoms with Crippen molar-refractivity contribution >= 4 is 0 Å². The van der Waals surface area contributed by atoms with Crippen molar-refractivity contribution in [2.75, 3.05) is 13.2 Å². The molecule has 1 N–H and O–H groups in total. The molecule has 0 radical (unpaired) electrons. The molecule has 0 aliphatic carbocycles. The molecule has 2 saturated heterocycles. The molecule has 2 aliphatic heterocycles. The van der Waals surface area contributed by atoms with Crippen LogP contribution in [0, 0.1) is 17.8 Å². The third-order valence-corrected chi connectivity index (χ3v) is 9.13. The van der Waals surface area contributed by atoms with E-state index in [-0.39, 0.29) is 48.8 Å². The maximum Gasteiger partial charge on any atom is 0.163 e. The van der Waals surface area contributed by atoms with Crippen molar-refractivity contribution in [3.8, 4) is 0 Å². The van der Waals surface area contributed by atoms with Crippen LogP contribution in [0.25, 0.3) is 0 Å². The van der Waals surface area contributed by atoms with E-state index in [9.17, 15) is 5.11 Å². The van der Waals surface area contributed by atoms with Crippen LogP contribution in [-0.2, 0) is 48.2 Å². The minimum atomic E-state index is -0.608. The lowest BCUT2D eigenvalue weighted by Gasteiger charge is -2.49. The molecule has 2 aliphatic rings. The fraction of sp³-hybridized carbons (Fsp3) is 0.514. The van der Waals surface area contributed by atoms with Gasteiger partial charge in [0.25, 0.3) is 0 Å². The lowest BCUT2D eigenvalue weighted by atomic mass is 9.85. The third-order valence-electron chi connectivity index (χ3n) is 9.13. The number of benzene rings is 3. The van der Waals surface area contributed by atoms with Gasteiger partial charge in [0.15, 0.2) is 6.29 Å². The van der Waals surface area contributed by atoms with E-state index in [4.69, 9.17) is 28.4 Å². The van der Waals surface area contributed by atoms with Gasteiger partial charge in [0, 0.05) is 17.8 Å². The summed E-state index contributed by atoms with van der Waals surface area (Å²) in [4.78, 5) is 0. The van der Waals surface area contributed by atoms with Gasteiger partial charge in [0.2, 0.25) is 0 Å². The van der Waals surface area contributed by atoms with Crippen LogP contribution >= 0.6 is 0 Å². The molecule has 10 atom stereocenters. The van der Waals surface area contributed by atoms with Crippen molar-refractivity contribution in [1.82, 2.24) is 0 Å². The number of aliphatic hydroxyl groups is 1. The van der Waals surface area contributed by atoms with Crippen molar-refractivity contribution in [3.05, 3.63) is 108 Å². The maximum absolute atomic E-state index is 10.4. The quantitative estimate of drug-likeness (QED) is 0.250. The minimum Gasteiger partial charge on any atom is -0.394 e. The van der Waals surface area contributed by atoms with Crippen LogP contribution in [0.4, 0.5) is 0 Å². The summed E-state index contributed by atoms with van der Waals surface area (Å²) in [5.41, 5.74) is 3.31. The second kappa shape index (κ2) is 16.1. The van der Waals surface area contributed by atoms with E-state index < -0.39 is 18.5 Å². The average Bonchev–Trinajstić information content (AvgIpc) is 3.05. The van der Waals surface area contributed by atoms with Gasteiger partial charge in [0.1, 0.15) is 12.2 Å². The molecule has 3 aromatic carbocycles. The molecule has 10 unspecified atom stereocenters. The largest absolute Gasteiger partial charge is 0.394 e. The Morgan fingerprint density at radius 3 is 1.64 bits per heavy atom. The molecule has 0 aromatic heterocycles. The van der Waals surface area contributed by atoms with Crippen molar-refractivity contribution < 1.29 is 33.5 Å². The van der Waals surface area contributed by atoms with Crippen molar-refractivity contribution in [1.29, 1.82) is 0 Å². The SMILES string of the molecule is CC1OC(CO)C(OC2OC(COCc3ccccc3)C(C)C(OCc3ccccc3)C2C)C(OCc2ccccc2)C1C. The second-order valence-corrected chi connectivity index (χ2v) is 12.3. The smallest absolute Gasteiger partial charge is 0.163 e. The third kappa shape index (κ3) is 8.34. The first kappa shape index (κ1) is 32.8. The molecule has 7 nitrogen and oxygen atoms in total. The van der Waals surface area contributed by atoms with Gasteiger partial charge in [-0.25, -0.2) is 0 Å². The highest BCUT2D eigenvalue weighted by Gasteiger charge is 2.49.